The lowest BCUT2D eigenvalue weighted by molar-refractivity contribution is 0.154. The molecule has 1 unspecified atom stereocenters. The second kappa shape index (κ2) is 6.27. The van der Waals surface area contributed by atoms with E-state index in [4.69, 9.17) is 0 Å². The summed E-state index contributed by atoms with van der Waals surface area (Å²) in [6, 6.07) is 6.83. The third-order valence-corrected chi connectivity index (χ3v) is 3.58. The molecule has 1 aromatic rings. The highest BCUT2D eigenvalue weighted by Gasteiger charge is 2.18. The normalized spacial score (nSPS) is 19.9. The second-order valence-electron chi connectivity index (χ2n) is 5.02. The van der Waals surface area contributed by atoms with Crippen molar-refractivity contribution in [1.29, 1.82) is 0 Å². The second-order valence-corrected chi connectivity index (χ2v) is 5.02. The monoisotopic (exact) mass is 252 g/mol. The zero-order valence-corrected chi connectivity index (χ0v) is 10.8. The smallest absolute Gasteiger partial charge is 0.129 e. The molecule has 0 amide bonds. The molecule has 18 heavy (non-hydrogen) atoms. The molecule has 1 aliphatic rings. The van der Waals surface area contributed by atoms with Gasteiger partial charge in [0, 0.05) is 18.2 Å². The van der Waals surface area contributed by atoms with Crippen molar-refractivity contribution in [3.8, 4) is 0 Å². The van der Waals surface area contributed by atoms with Gasteiger partial charge < -0.3 is 15.3 Å². The third kappa shape index (κ3) is 3.51. The quantitative estimate of drug-likeness (QED) is 0.853. The summed E-state index contributed by atoms with van der Waals surface area (Å²) in [4.78, 5) is 2.30. The van der Waals surface area contributed by atoms with Crippen LogP contribution in [-0.2, 0) is 0 Å². The van der Waals surface area contributed by atoms with Crippen LogP contribution in [0.1, 0.15) is 24.5 Å². The average molecular weight is 252 g/mol. The van der Waals surface area contributed by atoms with Gasteiger partial charge in [0.05, 0.1) is 6.10 Å². The van der Waals surface area contributed by atoms with Crippen LogP contribution in [0.5, 0.6) is 0 Å². The van der Waals surface area contributed by atoms with Gasteiger partial charge in [0.2, 0.25) is 0 Å². The van der Waals surface area contributed by atoms with Gasteiger partial charge in [-0.25, -0.2) is 4.39 Å². The van der Waals surface area contributed by atoms with Crippen LogP contribution in [0.25, 0.3) is 0 Å². The Morgan fingerprint density at radius 3 is 2.72 bits per heavy atom. The molecular weight excluding hydrogens is 231 g/mol. The fourth-order valence-electron chi connectivity index (χ4n) is 2.35. The van der Waals surface area contributed by atoms with Gasteiger partial charge in [-0.2, -0.15) is 0 Å². The summed E-state index contributed by atoms with van der Waals surface area (Å²) in [5, 5.41) is 13.3. The largest absolute Gasteiger partial charge is 0.387 e. The maximum Gasteiger partial charge on any atom is 0.129 e. The molecule has 100 valence electrons. The first-order valence-corrected chi connectivity index (χ1v) is 6.51. The van der Waals surface area contributed by atoms with E-state index in [1.807, 2.05) is 0 Å². The Hall–Kier alpha value is -0.970. The van der Waals surface area contributed by atoms with Gasteiger partial charge in [-0.15, -0.1) is 0 Å². The van der Waals surface area contributed by atoms with Crippen LogP contribution in [0.15, 0.2) is 24.3 Å². The molecule has 3 nitrogen and oxygen atoms in total. The zero-order valence-electron chi connectivity index (χ0n) is 10.8. The van der Waals surface area contributed by atoms with Gasteiger partial charge in [-0.1, -0.05) is 18.2 Å². The number of benzene rings is 1. The van der Waals surface area contributed by atoms with E-state index in [0.29, 0.717) is 18.2 Å². The summed E-state index contributed by atoms with van der Waals surface area (Å²) < 4.78 is 13.5. The van der Waals surface area contributed by atoms with E-state index in [9.17, 15) is 9.50 Å². The highest BCUT2D eigenvalue weighted by atomic mass is 19.1. The highest BCUT2D eigenvalue weighted by molar-refractivity contribution is 5.20. The number of rotatable bonds is 4. The minimum absolute atomic E-state index is 0.338. The summed E-state index contributed by atoms with van der Waals surface area (Å²) in [6.07, 6.45) is 1.40. The predicted molar refractivity (Wildman–Crippen MR) is 69.9 cm³/mol. The molecule has 2 N–H and O–H groups in total. The van der Waals surface area contributed by atoms with Crippen molar-refractivity contribution >= 4 is 0 Å². The molecule has 0 aliphatic carbocycles. The van der Waals surface area contributed by atoms with E-state index in [1.54, 1.807) is 18.2 Å². The van der Waals surface area contributed by atoms with E-state index in [2.05, 4.69) is 17.3 Å². The Morgan fingerprint density at radius 1 is 1.39 bits per heavy atom. The molecule has 1 aromatic carbocycles. The van der Waals surface area contributed by atoms with Gasteiger partial charge in [-0.05, 0) is 39.0 Å². The molecule has 0 radical (unpaired) electrons. The number of hydrogen-bond acceptors (Lipinski definition) is 3. The standard InChI is InChI=1S/C14H21FN2O/c1-17-8-6-11(7-9-17)16-10-14(18)12-4-2-3-5-13(12)15/h2-5,11,14,16,18H,6-10H2,1H3. The zero-order chi connectivity index (χ0) is 13.0. The van der Waals surface area contributed by atoms with Crippen LogP contribution in [0.3, 0.4) is 0 Å². The summed E-state index contributed by atoms with van der Waals surface area (Å²) in [6.45, 7) is 2.57. The van der Waals surface area contributed by atoms with Gasteiger partial charge in [0.15, 0.2) is 0 Å². The molecule has 0 saturated carbocycles. The molecule has 1 aliphatic heterocycles. The molecule has 0 spiro atoms. The number of aliphatic hydroxyl groups is 1. The molecule has 1 heterocycles. The van der Waals surface area contributed by atoms with Gasteiger partial charge in [0.25, 0.3) is 0 Å². The number of halogens is 1. The third-order valence-electron chi connectivity index (χ3n) is 3.58. The number of aliphatic hydroxyl groups excluding tert-OH is 1. The Labute approximate surface area is 108 Å². The molecule has 1 atom stereocenters. The summed E-state index contributed by atoms with van der Waals surface area (Å²) in [5.74, 6) is -0.338. The van der Waals surface area contributed by atoms with E-state index in [1.165, 1.54) is 6.07 Å². The molecule has 1 saturated heterocycles. The lowest BCUT2D eigenvalue weighted by atomic mass is 10.0. The topological polar surface area (TPSA) is 35.5 Å². The number of nitrogens with one attached hydrogen (secondary N) is 1. The fraction of sp³-hybridized carbons (Fsp3) is 0.571. The molecule has 0 bridgehead atoms. The van der Waals surface area contributed by atoms with E-state index >= 15 is 0 Å². The molecule has 2 rings (SSSR count). The number of hydrogen-bond donors (Lipinski definition) is 2. The maximum atomic E-state index is 13.5. The van der Waals surface area contributed by atoms with Crippen molar-refractivity contribution < 1.29 is 9.50 Å². The first kappa shape index (κ1) is 13.5. The van der Waals surface area contributed by atoms with Crippen molar-refractivity contribution in [1.82, 2.24) is 10.2 Å². The fourth-order valence-corrected chi connectivity index (χ4v) is 2.35. The lowest BCUT2D eigenvalue weighted by Gasteiger charge is -2.30. The van der Waals surface area contributed by atoms with Gasteiger partial charge in [0.1, 0.15) is 5.82 Å². The summed E-state index contributed by atoms with van der Waals surface area (Å²) in [7, 11) is 2.12. The predicted octanol–water partition coefficient (Wildman–Crippen LogP) is 1.54. The van der Waals surface area contributed by atoms with Crippen LogP contribution in [-0.4, -0.2) is 42.7 Å². The van der Waals surface area contributed by atoms with Crippen molar-refractivity contribution in [2.24, 2.45) is 0 Å². The van der Waals surface area contributed by atoms with Crippen molar-refractivity contribution in [2.75, 3.05) is 26.7 Å². The van der Waals surface area contributed by atoms with Crippen LogP contribution in [0, 0.1) is 5.82 Å². The number of likely N-dealkylation sites (tertiary alicyclic amines) is 1. The van der Waals surface area contributed by atoms with Crippen LogP contribution in [0.4, 0.5) is 4.39 Å². The van der Waals surface area contributed by atoms with Gasteiger partial charge >= 0.3 is 0 Å². The SMILES string of the molecule is CN1CCC(NCC(O)c2ccccc2F)CC1. The van der Waals surface area contributed by atoms with Crippen molar-refractivity contribution in [3.05, 3.63) is 35.6 Å². The average Bonchev–Trinajstić information content (AvgIpc) is 2.38. The molecule has 0 aromatic heterocycles. The highest BCUT2D eigenvalue weighted by Crippen LogP contribution is 2.16. The van der Waals surface area contributed by atoms with Crippen molar-refractivity contribution in [3.63, 3.8) is 0 Å². The van der Waals surface area contributed by atoms with E-state index < -0.39 is 6.10 Å². The Balaban J connectivity index is 1.81. The van der Waals surface area contributed by atoms with Crippen molar-refractivity contribution in [2.45, 2.75) is 25.0 Å². The first-order valence-electron chi connectivity index (χ1n) is 6.51. The number of piperidine rings is 1. The Kier molecular flexibility index (Phi) is 4.69. The maximum absolute atomic E-state index is 13.5. The minimum Gasteiger partial charge on any atom is -0.387 e. The van der Waals surface area contributed by atoms with Gasteiger partial charge in [-0.3, -0.25) is 0 Å². The Morgan fingerprint density at radius 2 is 2.06 bits per heavy atom. The molecule has 1 fully saturated rings. The number of nitrogens with zero attached hydrogens (tertiary/aromatic N) is 1. The van der Waals surface area contributed by atoms with Crippen LogP contribution in [0.2, 0.25) is 0 Å². The minimum atomic E-state index is -0.772. The molecule has 4 heteroatoms. The summed E-state index contributed by atoms with van der Waals surface area (Å²) in [5.41, 5.74) is 0.373. The first-order chi connectivity index (χ1) is 8.66. The van der Waals surface area contributed by atoms with E-state index in [-0.39, 0.29) is 5.82 Å². The van der Waals surface area contributed by atoms with Crippen LogP contribution >= 0.6 is 0 Å². The van der Waals surface area contributed by atoms with Crippen LogP contribution < -0.4 is 5.32 Å². The van der Waals surface area contributed by atoms with E-state index in [0.717, 1.165) is 25.9 Å². The summed E-state index contributed by atoms with van der Waals surface area (Å²) >= 11 is 0. The lowest BCUT2D eigenvalue weighted by Crippen LogP contribution is -2.42. The molecular formula is C14H21FN2O. The Bertz CT molecular complexity index is 378.